The Morgan fingerprint density at radius 2 is 0.881 bits per heavy atom. The average Bonchev–Trinajstić information content (AvgIpc) is 2.97. The number of rotatable bonds is 33. The first-order chi connectivity index (χ1) is 20.5. The van der Waals surface area contributed by atoms with Crippen molar-refractivity contribution in [2.75, 3.05) is 13.2 Å². The highest BCUT2D eigenvalue weighted by Crippen LogP contribution is 2.16. The Balaban J connectivity index is 3.49. The van der Waals surface area contributed by atoms with E-state index in [4.69, 9.17) is 9.47 Å². The number of carbonyl (C=O) groups excluding carboxylic acids is 2. The number of unbranched alkanes of at least 4 members (excludes halogenated alkanes) is 23. The minimum atomic E-state index is -0.760. The predicted molar refractivity (Wildman–Crippen MR) is 178 cm³/mol. The lowest BCUT2D eigenvalue weighted by Crippen LogP contribution is -2.28. The van der Waals surface area contributed by atoms with E-state index >= 15 is 0 Å². The first kappa shape index (κ1) is 40.9. The van der Waals surface area contributed by atoms with Gasteiger partial charge in [-0.25, -0.2) is 0 Å². The van der Waals surface area contributed by atoms with Gasteiger partial charge in [-0.1, -0.05) is 175 Å². The average molecular weight is 597 g/mol. The number of hydrogen-bond donors (Lipinski definition) is 1. The second-order valence-corrected chi connectivity index (χ2v) is 13.1. The summed E-state index contributed by atoms with van der Waals surface area (Å²) in [5.41, 5.74) is 0. The maximum atomic E-state index is 12.1. The lowest BCUT2D eigenvalue weighted by atomic mass is 10.0. The molecule has 0 fully saturated rings. The van der Waals surface area contributed by atoms with Crippen LogP contribution < -0.4 is 0 Å². The second kappa shape index (κ2) is 32.8. The van der Waals surface area contributed by atoms with Crippen LogP contribution in [-0.2, 0) is 19.1 Å². The van der Waals surface area contributed by atoms with Crippen LogP contribution in [-0.4, -0.2) is 36.4 Å². The van der Waals surface area contributed by atoms with E-state index in [1.165, 1.54) is 128 Å². The van der Waals surface area contributed by atoms with Gasteiger partial charge in [0.15, 0.2) is 6.10 Å². The maximum Gasteiger partial charge on any atom is 0.306 e. The molecule has 5 heteroatoms. The van der Waals surface area contributed by atoms with Crippen LogP contribution in [0.25, 0.3) is 0 Å². The van der Waals surface area contributed by atoms with Crippen molar-refractivity contribution in [2.45, 2.75) is 207 Å². The van der Waals surface area contributed by atoms with Crippen LogP contribution in [0, 0.1) is 5.92 Å². The molecule has 1 N–H and O–H groups in total. The third-order valence-corrected chi connectivity index (χ3v) is 8.33. The van der Waals surface area contributed by atoms with Crippen LogP contribution in [0.2, 0.25) is 0 Å². The van der Waals surface area contributed by atoms with E-state index in [0.717, 1.165) is 44.4 Å². The molecule has 0 aliphatic rings. The largest absolute Gasteiger partial charge is 0.462 e. The Morgan fingerprint density at radius 1 is 0.524 bits per heavy atom. The zero-order valence-electron chi connectivity index (χ0n) is 28.4. The summed E-state index contributed by atoms with van der Waals surface area (Å²) < 4.78 is 10.6. The van der Waals surface area contributed by atoms with E-state index in [-0.39, 0.29) is 25.2 Å². The summed E-state index contributed by atoms with van der Waals surface area (Å²) in [4.78, 5) is 24.1. The quantitative estimate of drug-likeness (QED) is 0.0602. The topological polar surface area (TPSA) is 72.8 Å². The lowest BCUT2D eigenvalue weighted by Gasteiger charge is -2.15. The number of aliphatic hydroxyl groups is 1. The van der Waals surface area contributed by atoms with Crippen molar-refractivity contribution < 1.29 is 24.2 Å². The molecule has 42 heavy (non-hydrogen) atoms. The van der Waals surface area contributed by atoms with Crippen LogP contribution >= 0.6 is 0 Å². The van der Waals surface area contributed by atoms with Gasteiger partial charge in [0.05, 0.1) is 6.61 Å². The Bertz CT molecular complexity index is 577. The summed E-state index contributed by atoms with van der Waals surface area (Å²) in [5, 5.41) is 9.51. The minimum absolute atomic E-state index is 0.0583. The molecule has 1 atom stereocenters. The van der Waals surface area contributed by atoms with Gasteiger partial charge < -0.3 is 14.6 Å². The zero-order chi connectivity index (χ0) is 30.9. The van der Waals surface area contributed by atoms with Gasteiger partial charge in [-0.3, -0.25) is 9.59 Å². The highest BCUT2D eigenvalue weighted by molar-refractivity contribution is 5.70. The molecule has 5 nitrogen and oxygen atoms in total. The third kappa shape index (κ3) is 31.8. The molecule has 0 unspecified atom stereocenters. The molecular formula is C37H72O5. The number of ether oxygens (including phenoxy) is 2. The molecule has 0 spiro atoms. The monoisotopic (exact) mass is 597 g/mol. The summed E-state index contributed by atoms with van der Waals surface area (Å²) in [6.45, 7) is 6.49. The Kier molecular flexibility index (Phi) is 31.9. The Morgan fingerprint density at radius 3 is 1.26 bits per heavy atom. The summed E-state index contributed by atoms with van der Waals surface area (Å²) in [7, 11) is 0. The van der Waals surface area contributed by atoms with E-state index < -0.39 is 6.10 Å². The maximum absolute atomic E-state index is 12.1. The van der Waals surface area contributed by atoms with Crippen LogP contribution in [0.15, 0.2) is 0 Å². The van der Waals surface area contributed by atoms with Crippen LogP contribution in [0.5, 0.6) is 0 Å². The smallest absolute Gasteiger partial charge is 0.306 e. The summed E-state index contributed by atoms with van der Waals surface area (Å²) >= 11 is 0. The number of esters is 2. The third-order valence-electron chi connectivity index (χ3n) is 8.33. The van der Waals surface area contributed by atoms with Gasteiger partial charge in [-0.05, 0) is 18.8 Å². The van der Waals surface area contributed by atoms with E-state index in [9.17, 15) is 14.7 Å². The van der Waals surface area contributed by atoms with Crippen molar-refractivity contribution in [3.63, 3.8) is 0 Å². The van der Waals surface area contributed by atoms with E-state index in [1.54, 1.807) is 0 Å². The van der Waals surface area contributed by atoms with Crippen molar-refractivity contribution >= 4 is 11.9 Å². The molecule has 0 saturated carbocycles. The van der Waals surface area contributed by atoms with Gasteiger partial charge >= 0.3 is 11.9 Å². The first-order valence-electron chi connectivity index (χ1n) is 18.5. The molecule has 0 aromatic rings. The molecule has 0 amide bonds. The number of aliphatic hydroxyl groups excluding tert-OH is 1. The fourth-order valence-corrected chi connectivity index (χ4v) is 5.50. The molecule has 0 bridgehead atoms. The molecule has 0 radical (unpaired) electrons. The predicted octanol–water partition coefficient (Wildman–Crippen LogP) is 11.0. The highest BCUT2D eigenvalue weighted by atomic mass is 16.6. The molecule has 0 aromatic heterocycles. The Labute approximate surface area is 261 Å². The van der Waals surface area contributed by atoms with Gasteiger partial charge in [0.2, 0.25) is 0 Å². The van der Waals surface area contributed by atoms with Gasteiger partial charge in [-0.15, -0.1) is 0 Å². The summed E-state index contributed by atoms with van der Waals surface area (Å²) in [6.07, 6.45) is 33.0. The Hall–Kier alpha value is -1.10. The molecule has 0 aliphatic carbocycles. The van der Waals surface area contributed by atoms with Gasteiger partial charge in [0.1, 0.15) is 6.61 Å². The van der Waals surface area contributed by atoms with E-state index in [1.807, 2.05) is 0 Å². The fraction of sp³-hybridized carbons (Fsp3) is 0.946. The van der Waals surface area contributed by atoms with Crippen LogP contribution in [0.1, 0.15) is 201 Å². The highest BCUT2D eigenvalue weighted by Gasteiger charge is 2.16. The van der Waals surface area contributed by atoms with Crippen molar-refractivity contribution in [3.8, 4) is 0 Å². The van der Waals surface area contributed by atoms with Crippen molar-refractivity contribution in [1.29, 1.82) is 0 Å². The summed E-state index contributed by atoms with van der Waals surface area (Å²) in [5.74, 6) is 0.274. The van der Waals surface area contributed by atoms with Gasteiger partial charge in [0.25, 0.3) is 0 Å². The second-order valence-electron chi connectivity index (χ2n) is 13.1. The van der Waals surface area contributed by atoms with Crippen molar-refractivity contribution in [1.82, 2.24) is 0 Å². The van der Waals surface area contributed by atoms with Gasteiger partial charge in [-0.2, -0.15) is 0 Å². The van der Waals surface area contributed by atoms with E-state index in [0.29, 0.717) is 12.8 Å². The summed E-state index contributed by atoms with van der Waals surface area (Å²) in [6, 6.07) is 0. The van der Waals surface area contributed by atoms with Gasteiger partial charge in [0, 0.05) is 12.8 Å². The zero-order valence-corrected chi connectivity index (χ0v) is 28.4. The normalized spacial score (nSPS) is 12.1. The molecule has 0 heterocycles. The molecule has 0 saturated heterocycles. The van der Waals surface area contributed by atoms with Crippen molar-refractivity contribution in [3.05, 3.63) is 0 Å². The van der Waals surface area contributed by atoms with Crippen LogP contribution in [0.4, 0.5) is 0 Å². The van der Waals surface area contributed by atoms with Crippen LogP contribution in [0.3, 0.4) is 0 Å². The fourth-order valence-electron chi connectivity index (χ4n) is 5.50. The van der Waals surface area contributed by atoms with E-state index in [2.05, 4.69) is 20.8 Å². The number of carbonyl (C=O) groups is 2. The molecule has 0 aromatic carbocycles. The minimum Gasteiger partial charge on any atom is -0.462 e. The SMILES string of the molecule is CCCCCCCCCCCCC(=O)OC[C@H](CO)OC(=O)CCCCCCCCCCCCCCCCCC(C)C. The molecule has 0 aliphatic heterocycles. The number of hydrogen-bond acceptors (Lipinski definition) is 5. The standard InChI is InChI=1S/C37H72O5/c1-4-5-6-7-8-9-18-21-24-27-30-36(39)41-33-35(32-38)42-37(40)31-28-25-22-19-16-14-12-10-11-13-15-17-20-23-26-29-34(2)3/h34-35,38H,4-33H2,1-3H3/t35-/m0/s1. The van der Waals surface area contributed by atoms with Crippen molar-refractivity contribution in [2.24, 2.45) is 5.92 Å². The molecule has 250 valence electrons. The molecule has 0 rings (SSSR count). The lowest BCUT2D eigenvalue weighted by molar-refractivity contribution is -0.161. The first-order valence-corrected chi connectivity index (χ1v) is 18.5. The molecular weight excluding hydrogens is 524 g/mol.